The van der Waals surface area contributed by atoms with Gasteiger partial charge in [0.05, 0.1) is 5.56 Å². The molecule has 0 fully saturated rings. The standard InChI is InChI=1S/C16H16O2P.C7H9N/c1-11-9-12(2)15(13(3)10-11)16(17)19(18)14-7-5-4-6-8-14;8-6-7-4-2-1-3-5-7/h4-10H,1-3H3;1-5H,6,8H2/q+1;. The van der Waals surface area contributed by atoms with Gasteiger partial charge in [-0.1, -0.05) is 70.8 Å². The van der Waals surface area contributed by atoms with E-state index in [2.05, 4.69) is 0 Å². The average molecular weight is 378 g/mol. The molecule has 2 N–H and O–H groups in total. The van der Waals surface area contributed by atoms with Gasteiger partial charge in [0.1, 0.15) is 0 Å². The number of hydrogen-bond donors (Lipinski definition) is 1. The van der Waals surface area contributed by atoms with Crippen LogP contribution in [0.1, 0.15) is 32.6 Å². The molecule has 0 aliphatic carbocycles. The maximum Gasteiger partial charge on any atom is 0.458 e. The second kappa shape index (κ2) is 9.91. The SMILES string of the molecule is Cc1cc(C)c(C(=O)[P+](=O)c2ccccc2)c(C)c1.NCc1ccccc1. The van der Waals surface area contributed by atoms with E-state index in [1.165, 1.54) is 5.56 Å². The minimum Gasteiger partial charge on any atom is -0.326 e. The first kappa shape index (κ1) is 20.7. The highest BCUT2D eigenvalue weighted by Crippen LogP contribution is 2.30. The van der Waals surface area contributed by atoms with Crippen LogP contribution in [-0.4, -0.2) is 5.52 Å². The van der Waals surface area contributed by atoms with Gasteiger partial charge in [-0.3, -0.25) is 0 Å². The molecule has 138 valence electrons. The topological polar surface area (TPSA) is 60.2 Å². The minimum absolute atomic E-state index is 0.281. The molecule has 4 heteroatoms. The number of benzene rings is 3. The molecule has 3 aromatic carbocycles. The van der Waals surface area contributed by atoms with E-state index in [0.29, 0.717) is 17.4 Å². The monoisotopic (exact) mass is 378 g/mol. The van der Waals surface area contributed by atoms with Gasteiger partial charge in [0.25, 0.3) is 0 Å². The molecular formula is C23H25NO2P+. The fourth-order valence-corrected chi connectivity index (χ4v) is 4.15. The van der Waals surface area contributed by atoms with E-state index in [1.807, 2.05) is 69.3 Å². The summed E-state index contributed by atoms with van der Waals surface area (Å²) in [4.78, 5) is 12.4. The van der Waals surface area contributed by atoms with Gasteiger partial charge < -0.3 is 5.73 Å². The maximum atomic E-state index is 12.4. The van der Waals surface area contributed by atoms with Gasteiger partial charge in [-0.2, -0.15) is 0 Å². The normalized spacial score (nSPS) is 10.6. The smallest absolute Gasteiger partial charge is 0.326 e. The molecule has 0 saturated carbocycles. The quantitative estimate of drug-likeness (QED) is 0.646. The molecule has 0 radical (unpaired) electrons. The van der Waals surface area contributed by atoms with Crippen molar-refractivity contribution in [3.05, 3.63) is 101 Å². The zero-order chi connectivity index (χ0) is 19.8. The molecule has 0 amide bonds. The lowest BCUT2D eigenvalue weighted by molar-refractivity contribution is 0.107. The lowest BCUT2D eigenvalue weighted by Crippen LogP contribution is -2.07. The second-order valence-electron chi connectivity index (χ2n) is 6.40. The number of rotatable bonds is 4. The molecule has 1 unspecified atom stereocenters. The first-order valence-corrected chi connectivity index (χ1v) is 10.1. The molecule has 0 saturated heterocycles. The van der Waals surface area contributed by atoms with Crippen molar-refractivity contribution < 1.29 is 9.36 Å². The van der Waals surface area contributed by atoms with Gasteiger partial charge in [-0.05, 0) is 49.6 Å². The average Bonchev–Trinajstić information content (AvgIpc) is 2.68. The summed E-state index contributed by atoms with van der Waals surface area (Å²) >= 11 is 0. The van der Waals surface area contributed by atoms with Crippen molar-refractivity contribution in [3.63, 3.8) is 0 Å². The molecule has 0 aliphatic rings. The summed E-state index contributed by atoms with van der Waals surface area (Å²) in [5.41, 5.74) is 9.74. The van der Waals surface area contributed by atoms with E-state index in [4.69, 9.17) is 5.73 Å². The summed E-state index contributed by atoms with van der Waals surface area (Å²) in [7, 11) is -2.04. The van der Waals surface area contributed by atoms with Crippen molar-refractivity contribution >= 4 is 18.6 Å². The van der Waals surface area contributed by atoms with Gasteiger partial charge in [-0.15, -0.1) is 0 Å². The summed E-state index contributed by atoms with van der Waals surface area (Å²) in [6.45, 7) is 6.41. The van der Waals surface area contributed by atoms with Crippen LogP contribution in [0.4, 0.5) is 0 Å². The third-order valence-corrected chi connectivity index (χ3v) is 5.50. The Labute approximate surface area is 162 Å². The van der Waals surface area contributed by atoms with E-state index < -0.39 is 7.80 Å². The Kier molecular flexibility index (Phi) is 7.60. The van der Waals surface area contributed by atoms with Crippen molar-refractivity contribution in [2.75, 3.05) is 0 Å². The van der Waals surface area contributed by atoms with Crippen molar-refractivity contribution in [2.24, 2.45) is 5.73 Å². The zero-order valence-electron chi connectivity index (χ0n) is 16.0. The zero-order valence-corrected chi connectivity index (χ0v) is 16.9. The molecule has 0 bridgehead atoms. The molecule has 27 heavy (non-hydrogen) atoms. The Bertz CT molecular complexity index is 899. The minimum atomic E-state index is -2.04. The first-order chi connectivity index (χ1) is 12.9. The lowest BCUT2D eigenvalue weighted by Gasteiger charge is -2.05. The number of nitrogens with two attached hydrogens (primary N) is 1. The van der Waals surface area contributed by atoms with Crippen LogP contribution in [0.25, 0.3) is 0 Å². The highest BCUT2D eigenvalue weighted by atomic mass is 31.1. The van der Waals surface area contributed by atoms with E-state index >= 15 is 0 Å². The predicted molar refractivity (Wildman–Crippen MR) is 113 cm³/mol. The Balaban J connectivity index is 0.000000273. The number of aryl methyl sites for hydroxylation is 3. The van der Waals surface area contributed by atoms with Crippen LogP contribution in [0.5, 0.6) is 0 Å². The molecule has 0 spiro atoms. The fraction of sp³-hybridized carbons (Fsp3) is 0.174. The van der Waals surface area contributed by atoms with Crippen LogP contribution >= 0.6 is 7.80 Å². The predicted octanol–water partition coefficient (Wildman–Crippen LogP) is 5.05. The van der Waals surface area contributed by atoms with Gasteiger partial charge >= 0.3 is 13.3 Å². The molecule has 0 aromatic heterocycles. The van der Waals surface area contributed by atoms with E-state index in [0.717, 1.165) is 16.7 Å². The highest BCUT2D eigenvalue weighted by Gasteiger charge is 2.34. The third-order valence-electron chi connectivity index (χ3n) is 4.14. The summed E-state index contributed by atoms with van der Waals surface area (Å²) in [5, 5.41) is 0.585. The molecule has 0 heterocycles. The number of hydrogen-bond acceptors (Lipinski definition) is 3. The van der Waals surface area contributed by atoms with Crippen LogP contribution in [0.15, 0.2) is 72.8 Å². The Morgan fingerprint density at radius 3 is 1.78 bits per heavy atom. The molecule has 3 nitrogen and oxygen atoms in total. The largest absolute Gasteiger partial charge is 0.458 e. The first-order valence-electron chi connectivity index (χ1n) is 8.82. The molecule has 3 aromatic rings. The van der Waals surface area contributed by atoms with Crippen LogP contribution in [0.2, 0.25) is 0 Å². The number of carbonyl (C=O) groups excluding carboxylic acids is 1. The molecule has 0 aliphatic heterocycles. The van der Waals surface area contributed by atoms with Gasteiger partial charge in [0, 0.05) is 6.54 Å². The van der Waals surface area contributed by atoms with Crippen LogP contribution < -0.4 is 11.0 Å². The van der Waals surface area contributed by atoms with Crippen LogP contribution in [0.3, 0.4) is 0 Å². The maximum absolute atomic E-state index is 12.4. The van der Waals surface area contributed by atoms with E-state index in [9.17, 15) is 9.36 Å². The van der Waals surface area contributed by atoms with Crippen molar-refractivity contribution in [1.82, 2.24) is 0 Å². The highest BCUT2D eigenvalue weighted by molar-refractivity contribution is 7.71. The Morgan fingerprint density at radius 1 is 0.852 bits per heavy atom. The van der Waals surface area contributed by atoms with Crippen LogP contribution in [-0.2, 0) is 11.1 Å². The second-order valence-corrected chi connectivity index (χ2v) is 7.91. The Hall–Kier alpha value is -2.61. The van der Waals surface area contributed by atoms with Crippen molar-refractivity contribution in [2.45, 2.75) is 27.3 Å². The molecule has 3 rings (SSSR count). The summed E-state index contributed by atoms with van der Waals surface area (Å²) in [6, 6.07) is 22.8. The fourth-order valence-electron chi connectivity index (χ4n) is 2.91. The van der Waals surface area contributed by atoms with E-state index in [-0.39, 0.29) is 5.52 Å². The summed E-state index contributed by atoms with van der Waals surface area (Å²) in [6.07, 6.45) is 0. The van der Waals surface area contributed by atoms with Gasteiger partial charge in [0.15, 0.2) is 5.30 Å². The molecular weight excluding hydrogens is 353 g/mol. The van der Waals surface area contributed by atoms with Gasteiger partial charge in [-0.25, -0.2) is 4.79 Å². The molecule has 1 atom stereocenters. The van der Waals surface area contributed by atoms with Gasteiger partial charge in [0.2, 0.25) is 0 Å². The third kappa shape index (κ3) is 5.68. The number of carbonyl (C=O) groups is 1. The van der Waals surface area contributed by atoms with Crippen molar-refractivity contribution in [1.29, 1.82) is 0 Å². The lowest BCUT2D eigenvalue weighted by atomic mass is 10.0. The summed E-state index contributed by atoms with van der Waals surface area (Å²) < 4.78 is 12.3. The van der Waals surface area contributed by atoms with Crippen LogP contribution in [0, 0.1) is 20.8 Å². The summed E-state index contributed by atoms with van der Waals surface area (Å²) in [5.74, 6) is 0. The Morgan fingerprint density at radius 2 is 1.33 bits per heavy atom. The van der Waals surface area contributed by atoms with E-state index in [1.54, 1.807) is 24.3 Å². The van der Waals surface area contributed by atoms with Crippen molar-refractivity contribution in [3.8, 4) is 0 Å².